The van der Waals surface area contributed by atoms with Crippen molar-refractivity contribution >= 4 is 16.7 Å². The average molecular weight is 406 g/mol. The summed E-state index contributed by atoms with van der Waals surface area (Å²) >= 11 is 0. The number of amides is 1. The summed E-state index contributed by atoms with van der Waals surface area (Å²) < 4.78 is 10.5. The number of hydrogen-bond acceptors (Lipinski definition) is 5. The number of ether oxygens (including phenoxy) is 2. The lowest BCUT2D eigenvalue weighted by Crippen LogP contribution is -2.48. The van der Waals surface area contributed by atoms with E-state index in [1.807, 2.05) is 29.2 Å². The fourth-order valence-electron chi connectivity index (χ4n) is 3.89. The maximum atomic E-state index is 12.8. The molecule has 30 heavy (non-hydrogen) atoms. The van der Waals surface area contributed by atoms with Gasteiger partial charge in [0.05, 0.1) is 14.2 Å². The second kappa shape index (κ2) is 8.63. The number of fused-ring (bicyclic) bond motifs is 1. The molecule has 4 rings (SSSR count). The van der Waals surface area contributed by atoms with Crippen LogP contribution in [0, 0.1) is 0 Å². The smallest absolute Gasteiger partial charge is 0.253 e. The van der Waals surface area contributed by atoms with E-state index >= 15 is 0 Å². The van der Waals surface area contributed by atoms with Crippen LogP contribution in [0.4, 0.5) is 0 Å². The molecule has 1 fully saturated rings. The lowest BCUT2D eigenvalue weighted by Gasteiger charge is -2.35. The number of nitrogens with zero attached hydrogens (tertiary/aromatic N) is 2. The van der Waals surface area contributed by atoms with Crippen LogP contribution >= 0.6 is 0 Å². The summed E-state index contributed by atoms with van der Waals surface area (Å²) in [5.41, 5.74) is 1.56. The quantitative estimate of drug-likeness (QED) is 0.703. The molecule has 0 bridgehead atoms. The molecule has 1 aliphatic rings. The van der Waals surface area contributed by atoms with E-state index in [-0.39, 0.29) is 11.7 Å². The first-order valence-corrected chi connectivity index (χ1v) is 10.0. The van der Waals surface area contributed by atoms with Gasteiger partial charge in [0, 0.05) is 43.9 Å². The lowest BCUT2D eigenvalue weighted by atomic mass is 10.0. The van der Waals surface area contributed by atoms with Crippen molar-refractivity contribution < 1.29 is 19.4 Å². The third-order valence-corrected chi connectivity index (χ3v) is 5.69. The van der Waals surface area contributed by atoms with E-state index in [9.17, 15) is 9.90 Å². The van der Waals surface area contributed by atoms with Crippen molar-refractivity contribution in [1.82, 2.24) is 9.80 Å². The van der Waals surface area contributed by atoms with Crippen molar-refractivity contribution in [1.29, 1.82) is 0 Å². The number of carbonyl (C=O) groups excluding carboxylic acids is 1. The Hall–Kier alpha value is -3.25. The highest BCUT2D eigenvalue weighted by Crippen LogP contribution is 2.31. The second-order valence-corrected chi connectivity index (χ2v) is 7.45. The van der Waals surface area contributed by atoms with Gasteiger partial charge in [0.2, 0.25) is 0 Å². The Kier molecular flexibility index (Phi) is 5.77. The number of carbonyl (C=O) groups is 1. The summed E-state index contributed by atoms with van der Waals surface area (Å²) in [4.78, 5) is 16.9. The molecule has 6 nitrogen and oxygen atoms in total. The van der Waals surface area contributed by atoms with Crippen LogP contribution in [0.2, 0.25) is 0 Å². The van der Waals surface area contributed by atoms with Crippen molar-refractivity contribution in [2.45, 2.75) is 6.54 Å². The largest absolute Gasteiger partial charge is 0.508 e. The molecule has 3 aromatic rings. The SMILES string of the molecule is COc1ccc(C(=O)N2CCN(Cc3c(O)ccc4ccc(OC)cc34)CC2)cc1. The zero-order valence-electron chi connectivity index (χ0n) is 17.3. The molecule has 0 aliphatic carbocycles. The standard InChI is InChI=1S/C24H26N2O4/c1-29-19-7-4-18(5-8-19)24(28)26-13-11-25(12-14-26)16-22-21-15-20(30-2)9-3-17(21)6-10-23(22)27/h3-10,15,27H,11-14,16H2,1-2H3. The highest BCUT2D eigenvalue weighted by molar-refractivity contribution is 5.94. The normalized spacial score (nSPS) is 14.7. The Labute approximate surface area is 176 Å². The predicted molar refractivity (Wildman–Crippen MR) is 116 cm³/mol. The summed E-state index contributed by atoms with van der Waals surface area (Å²) in [7, 11) is 3.25. The third-order valence-electron chi connectivity index (χ3n) is 5.69. The second-order valence-electron chi connectivity index (χ2n) is 7.45. The minimum absolute atomic E-state index is 0.0371. The predicted octanol–water partition coefficient (Wildman–Crippen LogP) is 3.52. The van der Waals surface area contributed by atoms with Crippen LogP contribution in [0.3, 0.4) is 0 Å². The number of phenols is 1. The number of rotatable bonds is 5. The van der Waals surface area contributed by atoms with Crippen LogP contribution in [0.1, 0.15) is 15.9 Å². The highest BCUT2D eigenvalue weighted by atomic mass is 16.5. The zero-order valence-corrected chi connectivity index (χ0v) is 17.3. The van der Waals surface area contributed by atoms with Gasteiger partial charge < -0.3 is 19.5 Å². The number of phenolic OH excluding ortho intramolecular Hbond substituents is 1. The summed E-state index contributed by atoms with van der Waals surface area (Å²) in [5, 5.41) is 12.6. The Balaban J connectivity index is 1.45. The Morgan fingerprint density at radius 2 is 1.53 bits per heavy atom. The number of hydrogen-bond donors (Lipinski definition) is 1. The Morgan fingerprint density at radius 3 is 2.20 bits per heavy atom. The molecule has 0 aromatic heterocycles. The monoisotopic (exact) mass is 406 g/mol. The highest BCUT2D eigenvalue weighted by Gasteiger charge is 2.23. The first-order chi connectivity index (χ1) is 14.6. The molecule has 156 valence electrons. The van der Waals surface area contributed by atoms with E-state index in [0.29, 0.717) is 25.2 Å². The maximum Gasteiger partial charge on any atom is 0.253 e. The topological polar surface area (TPSA) is 62.2 Å². The van der Waals surface area contributed by atoms with Gasteiger partial charge in [-0.25, -0.2) is 0 Å². The summed E-state index contributed by atoms with van der Waals surface area (Å²) in [6, 6.07) is 16.8. The van der Waals surface area contributed by atoms with Gasteiger partial charge in [-0.3, -0.25) is 9.69 Å². The summed E-state index contributed by atoms with van der Waals surface area (Å²) in [6.07, 6.45) is 0. The molecule has 6 heteroatoms. The van der Waals surface area contributed by atoms with Gasteiger partial charge in [-0.1, -0.05) is 12.1 Å². The van der Waals surface area contributed by atoms with E-state index in [2.05, 4.69) is 4.90 Å². The number of benzene rings is 3. The van der Waals surface area contributed by atoms with Crippen LogP contribution in [-0.2, 0) is 6.54 Å². The maximum absolute atomic E-state index is 12.8. The van der Waals surface area contributed by atoms with E-state index in [4.69, 9.17) is 9.47 Å². The average Bonchev–Trinajstić information content (AvgIpc) is 2.80. The molecule has 0 saturated carbocycles. The molecule has 1 aliphatic heterocycles. The van der Waals surface area contributed by atoms with Crippen molar-refractivity contribution in [2.75, 3.05) is 40.4 Å². The molecule has 3 aromatic carbocycles. The van der Waals surface area contributed by atoms with Crippen molar-refractivity contribution in [3.05, 3.63) is 65.7 Å². The molecule has 0 spiro atoms. The third kappa shape index (κ3) is 4.04. The van der Waals surface area contributed by atoms with Crippen LogP contribution in [-0.4, -0.2) is 61.2 Å². The minimum Gasteiger partial charge on any atom is -0.508 e. The van der Waals surface area contributed by atoms with Crippen LogP contribution in [0.15, 0.2) is 54.6 Å². The fraction of sp³-hybridized carbons (Fsp3) is 0.292. The van der Waals surface area contributed by atoms with Crippen molar-refractivity contribution in [3.63, 3.8) is 0 Å². The summed E-state index contributed by atoms with van der Waals surface area (Å²) in [6.45, 7) is 3.43. The molecular formula is C24H26N2O4. The molecule has 1 amide bonds. The Morgan fingerprint density at radius 1 is 0.900 bits per heavy atom. The van der Waals surface area contributed by atoms with Crippen LogP contribution in [0.25, 0.3) is 10.8 Å². The molecular weight excluding hydrogens is 380 g/mol. The molecule has 0 unspecified atom stereocenters. The minimum atomic E-state index is 0.0371. The lowest BCUT2D eigenvalue weighted by molar-refractivity contribution is 0.0628. The van der Waals surface area contributed by atoms with Gasteiger partial charge in [0.15, 0.2) is 0 Å². The zero-order chi connectivity index (χ0) is 21.1. The first kappa shape index (κ1) is 20.0. The molecule has 0 radical (unpaired) electrons. The van der Waals surface area contributed by atoms with Crippen LogP contribution in [0.5, 0.6) is 17.2 Å². The van der Waals surface area contributed by atoms with Gasteiger partial charge >= 0.3 is 0 Å². The molecule has 1 saturated heterocycles. The molecule has 1 heterocycles. The van der Waals surface area contributed by atoms with Gasteiger partial charge in [0.1, 0.15) is 17.2 Å². The van der Waals surface area contributed by atoms with Gasteiger partial charge in [-0.15, -0.1) is 0 Å². The first-order valence-electron chi connectivity index (χ1n) is 10.0. The Bertz CT molecular complexity index is 1040. The fourth-order valence-corrected chi connectivity index (χ4v) is 3.89. The van der Waals surface area contributed by atoms with E-state index < -0.39 is 0 Å². The van der Waals surface area contributed by atoms with Gasteiger partial charge in [-0.05, 0) is 53.2 Å². The molecule has 0 atom stereocenters. The summed E-state index contributed by atoms with van der Waals surface area (Å²) in [5.74, 6) is 1.83. The van der Waals surface area contributed by atoms with Gasteiger partial charge in [-0.2, -0.15) is 0 Å². The number of piperazine rings is 1. The molecule has 1 N–H and O–H groups in total. The number of methoxy groups -OCH3 is 2. The number of aromatic hydroxyl groups is 1. The van der Waals surface area contributed by atoms with Gasteiger partial charge in [0.25, 0.3) is 5.91 Å². The van der Waals surface area contributed by atoms with E-state index in [0.717, 1.165) is 40.9 Å². The van der Waals surface area contributed by atoms with E-state index in [1.165, 1.54) is 0 Å². The van der Waals surface area contributed by atoms with Crippen molar-refractivity contribution in [3.8, 4) is 17.2 Å². The van der Waals surface area contributed by atoms with E-state index in [1.54, 1.807) is 44.6 Å². The van der Waals surface area contributed by atoms with Crippen molar-refractivity contribution in [2.24, 2.45) is 0 Å². The van der Waals surface area contributed by atoms with Crippen LogP contribution < -0.4 is 9.47 Å².